The molecule has 0 unspecified atom stereocenters. The van der Waals surface area contributed by atoms with E-state index in [0.29, 0.717) is 11.4 Å². The van der Waals surface area contributed by atoms with Crippen LogP contribution in [0.4, 0.5) is 5.82 Å². The van der Waals surface area contributed by atoms with Gasteiger partial charge in [0.1, 0.15) is 6.07 Å². The van der Waals surface area contributed by atoms with E-state index in [0.717, 1.165) is 0 Å². The molecule has 0 saturated heterocycles. The van der Waals surface area contributed by atoms with E-state index in [2.05, 4.69) is 10.2 Å². The van der Waals surface area contributed by atoms with Crippen LogP contribution in [0.3, 0.4) is 0 Å². The van der Waals surface area contributed by atoms with Gasteiger partial charge in [-0.25, -0.2) is 0 Å². The molecule has 0 saturated carbocycles. The molecule has 0 aliphatic rings. The second kappa shape index (κ2) is 5.07. The number of hydrogen-bond acceptors (Lipinski definition) is 5. The molecule has 0 fully saturated rings. The lowest BCUT2D eigenvalue weighted by Gasteiger charge is -2.19. The van der Waals surface area contributed by atoms with Crippen molar-refractivity contribution in [2.75, 3.05) is 32.6 Å². The quantitative estimate of drug-likeness (QED) is 0.708. The molecular weight excluding hydrogens is 206 g/mol. The van der Waals surface area contributed by atoms with Gasteiger partial charge < -0.3 is 9.80 Å². The predicted molar refractivity (Wildman–Crippen MR) is 58.7 cm³/mol. The van der Waals surface area contributed by atoms with E-state index >= 15 is 0 Å². The van der Waals surface area contributed by atoms with Gasteiger partial charge in [-0.1, -0.05) is 0 Å². The van der Waals surface area contributed by atoms with E-state index in [-0.39, 0.29) is 12.5 Å². The first-order chi connectivity index (χ1) is 7.56. The zero-order chi connectivity index (χ0) is 12.1. The van der Waals surface area contributed by atoms with Crippen LogP contribution >= 0.6 is 0 Å². The van der Waals surface area contributed by atoms with Gasteiger partial charge in [-0.05, 0) is 6.07 Å². The summed E-state index contributed by atoms with van der Waals surface area (Å²) in [7, 11) is 5.06. The Kier molecular flexibility index (Phi) is 3.78. The molecule has 6 heteroatoms. The van der Waals surface area contributed by atoms with Crippen LogP contribution in [-0.2, 0) is 4.79 Å². The maximum Gasteiger partial charge on any atom is 0.241 e. The van der Waals surface area contributed by atoms with E-state index in [9.17, 15) is 4.79 Å². The Morgan fingerprint density at radius 1 is 1.50 bits per heavy atom. The lowest BCUT2D eigenvalue weighted by atomic mass is 10.3. The Labute approximate surface area is 94.1 Å². The molecule has 0 atom stereocenters. The van der Waals surface area contributed by atoms with Gasteiger partial charge in [0.2, 0.25) is 5.91 Å². The van der Waals surface area contributed by atoms with Gasteiger partial charge in [0.05, 0.1) is 18.3 Å². The minimum Gasteiger partial charge on any atom is -0.348 e. The minimum absolute atomic E-state index is 0.0583. The van der Waals surface area contributed by atoms with Crippen LogP contribution in [0.25, 0.3) is 0 Å². The van der Waals surface area contributed by atoms with Gasteiger partial charge >= 0.3 is 0 Å². The first-order valence-electron chi connectivity index (χ1n) is 4.69. The monoisotopic (exact) mass is 219 g/mol. The SMILES string of the molecule is CN(C)C(=O)CN(C)c1nnccc1C#N. The largest absolute Gasteiger partial charge is 0.348 e. The Balaban J connectivity index is 2.85. The van der Waals surface area contributed by atoms with Gasteiger partial charge in [-0.15, -0.1) is 5.10 Å². The summed E-state index contributed by atoms with van der Waals surface area (Å²) in [5, 5.41) is 16.4. The molecule has 6 nitrogen and oxygen atoms in total. The second-order valence-electron chi connectivity index (χ2n) is 3.52. The zero-order valence-corrected chi connectivity index (χ0v) is 9.51. The summed E-state index contributed by atoms with van der Waals surface area (Å²) in [6.07, 6.45) is 1.45. The number of nitriles is 1. The van der Waals surface area contributed by atoms with Crippen LogP contribution in [0.2, 0.25) is 0 Å². The molecule has 0 bridgehead atoms. The highest BCUT2D eigenvalue weighted by atomic mass is 16.2. The van der Waals surface area contributed by atoms with Crippen molar-refractivity contribution in [2.45, 2.75) is 0 Å². The molecule has 0 radical (unpaired) electrons. The maximum atomic E-state index is 11.5. The third kappa shape index (κ3) is 2.67. The molecule has 1 heterocycles. The standard InChI is InChI=1S/C10H13N5O/c1-14(2)9(16)7-15(3)10-8(6-11)4-5-12-13-10/h4-5H,7H2,1-3H3. The number of aromatic nitrogens is 2. The summed E-state index contributed by atoms with van der Waals surface area (Å²) in [5.74, 6) is 0.359. The van der Waals surface area contributed by atoms with Gasteiger partial charge in [-0.3, -0.25) is 4.79 Å². The van der Waals surface area contributed by atoms with Crippen LogP contribution in [0.5, 0.6) is 0 Å². The number of hydrogen-bond donors (Lipinski definition) is 0. The second-order valence-corrected chi connectivity index (χ2v) is 3.52. The summed E-state index contributed by atoms with van der Waals surface area (Å²) in [5.41, 5.74) is 0.407. The maximum absolute atomic E-state index is 11.5. The number of rotatable bonds is 3. The number of likely N-dealkylation sites (N-methyl/N-ethyl adjacent to an activating group) is 2. The van der Waals surface area contributed by atoms with Crippen molar-refractivity contribution in [1.29, 1.82) is 5.26 Å². The molecule has 0 aliphatic carbocycles. The van der Waals surface area contributed by atoms with E-state index in [1.54, 1.807) is 32.1 Å². The highest BCUT2D eigenvalue weighted by Gasteiger charge is 2.13. The minimum atomic E-state index is -0.0583. The highest BCUT2D eigenvalue weighted by molar-refractivity contribution is 5.80. The van der Waals surface area contributed by atoms with E-state index in [4.69, 9.17) is 5.26 Å². The Bertz CT molecular complexity index is 423. The fourth-order valence-electron chi connectivity index (χ4n) is 1.11. The van der Waals surface area contributed by atoms with Crippen molar-refractivity contribution in [3.8, 4) is 6.07 Å². The molecule has 1 rings (SSSR count). The summed E-state index contributed by atoms with van der Waals surface area (Å²) in [6, 6.07) is 3.58. The fourth-order valence-corrected chi connectivity index (χ4v) is 1.11. The van der Waals surface area contributed by atoms with E-state index < -0.39 is 0 Å². The van der Waals surface area contributed by atoms with Crippen molar-refractivity contribution < 1.29 is 4.79 Å². The lowest BCUT2D eigenvalue weighted by Crippen LogP contribution is -2.35. The molecule has 16 heavy (non-hydrogen) atoms. The van der Waals surface area contributed by atoms with E-state index in [1.807, 2.05) is 6.07 Å². The topological polar surface area (TPSA) is 73.1 Å². The normalized spacial score (nSPS) is 9.38. The van der Waals surface area contributed by atoms with Crippen LogP contribution < -0.4 is 4.90 Å². The number of amides is 1. The first kappa shape index (κ1) is 11.9. The number of carbonyl (C=O) groups is 1. The Morgan fingerprint density at radius 3 is 2.75 bits per heavy atom. The first-order valence-corrected chi connectivity index (χ1v) is 4.69. The van der Waals surface area contributed by atoms with Crippen LogP contribution in [0.1, 0.15) is 5.56 Å². The van der Waals surface area contributed by atoms with Gasteiger partial charge in [0.15, 0.2) is 5.82 Å². The highest BCUT2D eigenvalue weighted by Crippen LogP contribution is 2.12. The van der Waals surface area contributed by atoms with E-state index in [1.165, 1.54) is 11.1 Å². The molecule has 1 aromatic heterocycles. The van der Waals surface area contributed by atoms with Crippen molar-refractivity contribution >= 4 is 11.7 Å². The third-order valence-corrected chi connectivity index (χ3v) is 2.05. The zero-order valence-electron chi connectivity index (χ0n) is 9.51. The molecule has 1 amide bonds. The van der Waals surface area contributed by atoms with Gasteiger partial charge in [-0.2, -0.15) is 10.4 Å². The molecular formula is C10H13N5O. The molecule has 0 aliphatic heterocycles. The average molecular weight is 219 g/mol. The summed E-state index contributed by atoms with van der Waals surface area (Å²) < 4.78 is 0. The summed E-state index contributed by atoms with van der Waals surface area (Å²) in [6.45, 7) is 0.167. The Hall–Kier alpha value is -2.16. The Morgan fingerprint density at radius 2 is 2.19 bits per heavy atom. The molecule has 0 N–H and O–H groups in total. The van der Waals surface area contributed by atoms with Crippen molar-refractivity contribution in [3.05, 3.63) is 17.8 Å². The summed E-state index contributed by atoms with van der Waals surface area (Å²) in [4.78, 5) is 14.6. The lowest BCUT2D eigenvalue weighted by molar-refractivity contribution is -0.127. The smallest absolute Gasteiger partial charge is 0.241 e. The fraction of sp³-hybridized carbons (Fsp3) is 0.400. The van der Waals surface area contributed by atoms with Gasteiger partial charge in [0.25, 0.3) is 0 Å². The van der Waals surface area contributed by atoms with Crippen molar-refractivity contribution in [2.24, 2.45) is 0 Å². The van der Waals surface area contributed by atoms with Crippen LogP contribution in [0, 0.1) is 11.3 Å². The molecule has 84 valence electrons. The third-order valence-electron chi connectivity index (χ3n) is 2.05. The van der Waals surface area contributed by atoms with Crippen LogP contribution in [0.15, 0.2) is 12.3 Å². The van der Waals surface area contributed by atoms with Crippen molar-refractivity contribution in [3.63, 3.8) is 0 Å². The molecule has 0 aromatic carbocycles. The predicted octanol–water partition coefficient (Wildman–Crippen LogP) is -0.127. The number of anilines is 1. The number of nitrogens with zero attached hydrogens (tertiary/aromatic N) is 5. The molecule has 0 spiro atoms. The van der Waals surface area contributed by atoms with Crippen LogP contribution in [-0.4, -0.2) is 48.7 Å². The van der Waals surface area contributed by atoms with Crippen molar-refractivity contribution in [1.82, 2.24) is 15.1 Å². The van der Waals surface area contributed by atoms with Gasteiger partial charge in [0, 0.05) is 21.1 Å². The average Bonchev–Trinajstić information content (AvgIpc) is 2.28. The summed E-state index contributed by atoms with van der Waals surface area (Å²) >= 11 is 0. The molecule has 1 aromatic rings. The number of carbonyl (C=O) groups excluding carboxylic acids is 1.